The van der Waals surface area contributed by atoms with Crippen LogP contribution in [-0.4, -0.2) is 68.1 Å². The van der Waals surface area contributed by atoms with Gasteiger partial charge in [0.2, 0.25) is 11.8 Å². The van der Waals surface area contributed by atoms with Crippen LogP contribution < -0.4 is 20.3 Å². The molecule has 1 aliphatic carbocycles. The zero-order chi connectivity index (χ0) is 19.5. The molecule has 28 heavy (non-hydrogen) atoms. The number of methoxy groups -OCH3 is 1. The molecule has 4 rings (SSSR count). The number of nitrogens with one attached hydrogen (secondary N) is 2. The molecule has 7 heteroatoms. The molecule has 2 heterocycles. The minimum Gasteiger partial charge on any atom is -0.495 e. The van der Waals surface area contributed by atoms with E-state index in [0.717, 1.165) is 37.4 Å². The molecule has 7 nitrogen and oxygen atoms in total. The highest BCUT2D eigenvalue weighted by molar-refractivity contribution is 5.89. The van der Waals surface area contributed by atoms with E-state index in [1.54, 1.807) is 7.11 Å². The molecule has 3 fully saturated rings. The van der Waals surface area contributed by atoms with Gasteiger partial charge in [0.05, 0.1) is 25.3 Å². The minimum atomic E-state index is -0.404. The fourth-order valence-electron chi connectivity index (χ4n) is 4.66. The molecule has 2 aliphatic heterocycles. The lowest BCUT2D eigenvalue weighted by molar-refractivity contribution is -0.136. The Morgan fingerprint density at radius 2 is 1.82 bits per heavy atom. The predicted molar refractivity (Wildman–Crippen MR) is 108 cm³/mol. The van der Waals surface area contributed by atoms with Gasteiger partial charge in [-0.15, -0.1) is 0 Å². The molecule has 2 N–H and O–H groups in total. The van der Waals surface area contributed by atoms with E-state index in [1.807, 2.05) is 29.2 Å². The average Bonchev–Trinajstić information content (AvgIpc) is 2.74. The molecule has 0 spiro atoms. The highest BCUT2D eigenvalue weighted by Gasteiger charge is 2.37. The zero-order valence-electron chi connectivity index (χ0n) is 16.5. The molecule has 2 amide bonds. The molecule has 2 saturated heterocycles. The van der Waals surface area contributed by atoms with Crippen molar-refractivity contribution in [2.45, 2.75) is 50.2 Å². The van der Waals surface area contributed by atoms with Crippen LogP contribution >= 0.6 is 0 Å². The fourth-order valence-corrected chi connectivity index (χ4v) is 4.66. The van der Waals surface area contributed by atoms with Crippen molar-refractivity contribution in [1.82, 2.24) is 15.5 Å². The number of anilines is 1. The van der Waals surface area contributed by atoms with Crippen LogP contribution in [-0.2, 0) is 9.59 Å². The van der Waals surface area contributed by atoms with Gasteiger partial charge in [0.25, 0.3) is 0 Å². The number of para-hydroxylation sites is 2. The van der Waals surface area contributed by atoms with Crippen molar-refractivity contribution in [3.63, 3.8) is 0 Å². The summed E-state index contributed by atoms with van der Waals surface area (Å²) in [6, 6.07) is 8.11. The number of benzene rings is 1. The van der Waals surface area contributed by atoms with Crippen LogP contribution in [0.2, 0.25) is 0 Å². The summed E-state index contributed by atoms with van der Waals surface area (Å²) in [6.07, 6.45) is 4.71. The quantitative estimate of drug-likeness (QED) is 0.812. The number of fused-ring (bicyclic) bond motifs is 1. The van der Waals surface area contributed by atoms with E-state index in [2.05, 4.69) is 15.5 Å². The maximum atomic E-state index is 12.8. The predicted octanol–water partition coefficient (Wildman–Crippen LogP) is 1.13. The minimum absolute atomic E-state index is 0.0239. The summed E-state index contributed by atoms with van der Waals surface area (Å²) in [4.78, 5) is 29.3. The third kappa shape index (κ3) is 3.94. The summed E-state index contributed by atoms with van der Waals surface area (Å²) in [5, 5.41) is 6.56. The van der Waals surface area contributed by atoms with Gasteiger partial charge in [-0.25, -0.2) is 0 Å². The van der Waals surface area contributed by atoms with Crippen LogP contribution in [0.5, 0.6) is 5.75 Å². The Kier molecular flexibility index (Phi) is 5.71. The molecular formula is C21H30N4O3. The molecule has 0 bridgehead atoms. The fraction of sp³-hybridized carbons (Fsp3) is 0.619. The third-order valence-corrected chi connectivity index (χ3v) is 6.26. The van der Waals surface area contributed by atoms with Crippen LogP contribution in [0.25, 0.3) is 0 Å². The zero-order valence-corrected chi connectivity index (χ0v) is 16.5. The number of carbonyl (C=O) groups is 2. The Morgan fingerprint density at radius 3 is 2.57 bits per heavy atom. The second kappa shape index (κ2) is 8.39. The van der Waals surface area contributed by atoms with Crippen LogP contribution in [0.4, 0.5) is 5.69 Å². The van der Waals surface area contributed by atoms with Crippen molar-refractivity contribution in [3.8, 4) is 5.75 Å². The van der Waals surface area contributed by atoms with Crippen LogP contribution in [0.1, 0.15) is 32.1 Å². The molecule has 0 unspecified atom stereocenters. The Bertz CT molecular complexity index is 717. The Balaban J connectivity index is 1.31. The first kappa shape index (κ1) is 19.1. The second-order valence-electron chi connectivity index (χ2n) is 7.97. The SMILES string of the molecule is COc1ccccc1N1CCN(C(=O)C[C@H]2N[C@H]3CCCC[C@H]3NC2=O)CC1. The van der Waals surface area contributed by atoms with E-state index in [0.29, 0.717) is 19.1 Å². The topological polar surface area (TPSA) is 73.9 Å². The van der Waals surface area contributed by atoms with Crippen molar-refractivity contribution >= 4 is 17.5 Å². The van der Waals surface area contributed by atoms with Gasteiger partial charge in [0.15, 0.2) is 0 Å². The Hall–Kier alpha value is -2.28. The summed E-state index contributed by atoms with van der Waals surface area (Å²) in [7, 11) is 1.68. The van der Waals surface area contributed by atoms with Crippen molar-refractivity contribution in [2.75, 3.05) is 38.2 Å². The number of nitrogens with zero attached hydrogens (tertiary/aromatic N) is 2. The van der Waals surface area contributed by atoms with Gasteiger partial charge in [-0.3, -0.25) is 9.59 Å². The maximum Gasteiger partial charge on any atom is 0.237 e. The summed E-state index contributed by atoms with van der Waals surface area (Å²) in [6.45, 7) is 2.86. The van der Waals surface area contributed by atoms with Crippen molar-refractivity contribution in [1.29, 1.82) is 0 Å². The van der Waals surface area contributed by atoms with Gasteiger partial charge < -0.3 is 25.2 Å². The standard InChI is InChI=1S/C21H30N4O3/c1-28-19-9-5-4-8-18(19)24-10-12-25(13-11-24)20(26)14-17-21(27)23-16-7-3-2-6-15(16)22-17/h4-5,8-9,15-17,22H,2-3,6-7,10-14H2,1H3,(H,23,27)/t15-,16+,17+/m0/s1. The van der Waals surface area contributed by atoms with Gasteiger partial charge in [-0.1, -0.05) is 25.0 Å². The molecule has 1 aromatic rings. The Labute approximate surface area is 166 Å². The van der Waals surface area contributed by atoms with Gasteiger partial charge in [-0.2, -0.15) is 0 Å². The first-order valence-electron chi connectivity index (χ1n) is 10.4. The lowest BCUT2D eigenvalue weighted by Crippen LogP contribution is -2.65. The number of hydrogen-bond donors (Lipinski definition) is 2. The maximum absolute atomic E-state index is 12.8. The lowest BCUT2D eigenvalue weighted by Gasteiger charge is -2.41. The molecule has 3 aliphatic rings. The van der Waals surface area contributed by atoms with E-state index >= 15 is 0 Å². The lowest BCUT2D eigenvalue weighted by atomic mass is 9.87. The van der Waals surface area contributed by atoms with Gasteiger partial charge >= 0.3 is 0 Å². The number of hydrogen-bond acceptors (Lipinski definition) is 5. The summed E-state index contributed by atoms with van der Waals surface area (Å²) < 4.78 is 5.45. The second-order valence-corrected chi connectivity index (χ2v) is 7.97. The number of amides is 2. The average molecular weight is 386 g/mol. The first-order valence-corrected chi connectivity index (χ1v) is 10.4. The van der Waals surface area contributed by atoms with Crippen LogP contribution in [0.3, 0.4) is 0 Å². The van der Waals surface area contributed by atoms with Crippen molar-refractivity contribution in [3.05, 3.63) is 24.3 Å². The van der Waals surface area contributed by atoms with E-state index in [-0.39, 0.29) is 24.3 Å². The molecule has 0 radical (unpaired) electrons. The summed E-state index contributed by atoms with van der Waals surface area (Å²) >= 11 is 0. The van der Waals surface area contributed by atoms with E-state index < -0.39 is 6.04 Å². The molecule has 1 saturated carbocycles. The molecule has 1 aromatic carbocycles. The van der Waals surface area contributed by atoms with E-state index in [9.17, 15) is 9.59 Å². The van der Waals surface area contributed by atoms with Crippen LogP contribution in [0, 0.1) is 0 Å². The Morgan fingerprint density at radius 1 is 1.11 bits per heavy atom. The largest absolute Gasteiger partial charge is 0.495 e. The van der Waals surface area contributed by atoms with E-state index in [4.69, 9.17) is 4.74 Å². The van der Waals surface area contributed by atoms with Gasteiger partial charge in [0.1, 0.15) is 5.75 Å². The third-order valence-electron chi connectivity index (χ3n) is 6.26. The number of piperazine rings is 2. The number of carbonyl (C=O) groups excluding carboxylic acids is 2. The number of rotatable bonds is 4. The summed E-state index contributed by atoms with van der Waals surface area (Å²) in [5.41, 5.74) is 1.06. The van der Waals surface area contributed by atoms with E-state index in [1.165, 1.54) is 12.8 Å². The molecule has 3 atom stereocenters. The summed E-state index contributed by atoms with van der Waals surface area (Å²) in [5.74, 6) is 0.887. The van der Waals surface area contributed by atoms with Crippen molar-refractivity contribution < 1.29 is 14.3 Å². The highest BCUT2D eigenvalue weighted by Crippen LogP contribution is 2.28. The monoisotopic (exact) mass is 386 g/mol. The first-order chi connectivity index (χ1) is 13.7. The number of ether oxygens (including phenoxy) is 1. The molecular weight excluding hydrogens is 356 g/mol. The van der Waals surface area contributed by atoms with Gasteiger partial charge in [0, 0.05) is 38.3 Å². The van der Waals surface area contributed by atoms with Gasteiger partial charge in [-0.05, 0) is 25.0 Å². The normalized spacial score (nSPS) is 27.8. The smallest absolute Gasteiger partial charge is 0.237 e. The van der Waals surface area contributed by atoms with Crippen molar-refractivity contribution in [2.24, 2.45) is 0 Å². The highest BCUT2D eigenvalue weighted by atomic mass is 16.5. The van der Waals surface area contributed by atoms with Crippen LogP contribution in [0.15, 0.2) is 24.3 Å². The molecule has 152 valence electrons. The molecule has 0 aromatic heterocycles.